The summed E-state index contributed by atoms with van der Waals surface area (Å²) in [5, 5.41) is 24.5. The lowest BCUT2D eigenvalue weighted by Crippen LogP contribution is -2.35. The smallest absolute Gasteiger partial charge is 0.323 e. The fraction of sp³-hybridized carbons (Fsp3) is 0.250. The number of nitrogens with zero attached hydrogens (tertiary/aromatic N) is 3. The van der Waals surface area contributed by atoms with Crippen LogP contribution >= 0.6 is 11.6 Å². The molecule has 0 unspecified atom stereocenters. The number of halogens is 1. The molecule has 0 spiro atoms. The molecule has 0 fully saturated rings. The normalized spacial score (nSPS) is 9.81. The van der Waals surface area contributed by atoms with Crippen LogP contribution in [0.1, 0.15) is 0 Å². The minimum absolute atomic E-state index is 0.147. The predicted octanol–water partition coefficient (Wildman–Crippen LogP) is 0.106. The number of anilines is 1. The highest BCUT2D eigenvalue weighted by atomic mass is 35.5. The van der Waals surface area contributed by atoms with Gasteiger partial charge in [-0.2, -0.15) is 0 Å². The summed E-state index contributed by atoms with van der Waals surface area (Å²) < 4.78 is 0. The van der Waals surface area contributed by atoms with Crippen molar-refractivity contribution in [1.82, 2.24) is 10.2 Å². The van der Waals surface area contributed by atoms with Crippen molar-refractivity contribution in [1.29, 1.82) is 0 Å². The zero-order valence-electron chi connectivity index (χ0n) is 8.00. The summed E-state index contributed by atoms with van der Waals surface area (Å²) in [4.78, 5) is 22.1. The Morgan fingerprint density at radius 3 is 2.12 bits per heavy atom. The summed E-state index contributed by atoms with van der Waals surface area (Å²) in [7, 11) is 0. The molecule has 0 atom stereocenters. The van der Waals surface area contributed by atoms with Crippen LogP contribution in [-0.4, -0.2) is 45.4 Å². The van der Waals surface area contributed by atoms with Crippen molar-refractivity contribution in [3.05, 3.63) is 17.3 Å². The van der Waals surface area contributed by atoms with E-state index < -0.39 is 25.0 Å². The van der Waals surface area contributed by atoms with Gasteiger partial charge in [-0.3, -0.25) is 9.59 Å². The monoisotopic (exact) mass is 245 g/mol. The first-order chi connectivity index (χ1) is 7.49. The highest BCUT2D eigenvalue weighted by molar-refractivity contribution is 6.29. The topological polar surface area (TPSA) is 104 Å². The first-order valence-corrected chi connectivity index (χ1v) is 4.54. The Kier molecular flexibility index (Phi) is 4.01. The second-order valence-corrected chi connectivity index (χ2v) is 3.25. The molecule has 1 aromatic rings. The molecule has 1 heterocycles. The summed E-state index contributed by atoms with van der Waals surface area (Å²) in [5.41, 5.74) is 0. The van der Waals surface area contributed by atoms with Crippen LogP contribution in [0.15, 0.2) is 12.1 Å². The number of hydrogen-bond acceptors (Lipinski definition) is 5. The molecule has 0 amide bonds. The molecule has 1 aromatic heterocycles. The van der Waals surface area contributed by atoms with Crippen molar-refractivity contribution in [3.8, 4) is 0 Å². The maximum Gasteiger partial charge on any atom is 0.323 e. The molecule has 0 saturated heterocycles. The molecular formula is C8H8ClN3O4. The number of aliphatic carboxylic acids is 2. The lowest BCUT2D eigenvalue weighted by atomic mass is 10.4. The van der Waals surface area contributed by atoms with E-state index in [-0.39, 0.29) is 11.0 Å². The third kappa shape index (κ3) is 3.70. The van der Waals surface area contributed by atoms with Crippen molar-refractivity contribution in [3.63, 3.8) is 0 Å². The molecule has 2 N–H and O–H groups in total. The SMILES string of the molecule is O=C(O)CN(CC(=O)O)c1ccc(Cl)nn1. The van der Waals surface area contributed by atoms with Gasteiger partial charge in [0.1, 0.15) is 13.1 Å². The Morgan fingerprint density at radius 2 is 1.75 bits per heavy atom. The molecule has 0 saturated carbocycles. The Bertz CT molecular complexity index is 379. The minimum atomic E-state index is -1.15. The summed E-state index contributed by atoms with van der Waals surface area (Å²) in [5.74, 6) is -2.16. The van der Waals surface area contributed by atoms with E-state index in [0.717, 1.165) is 4.90 Å². The lowest BCUT2D eigenvalue weighted by molar-refractivity contribution is -0.136. The minimum Gasteiger partial charge on any atom is -0.480 e. The van der Waals surface area contributed by atoms with Gasteiger partial charge in [0.15, 0.2) is 11.0 Å². The maximum atomic E-state index is 10.5. The molecular weight excluding hydrogens is 238 g/mol. The Hall–Kier alpha value is -1.89. The van der Waals surface area contributed by atoms with E-state index in [2.05, 4.69) is 10.2 Å². The molecule has 86 valence electrons. The molecule has 0 radical (unpaired) electrons. The zero-order chi connectivity index (χ0) is 12.1. The van der Waals surface area contributed by atoms with E-state index in [1.165, 1.54) is 12.1 Å². The average molecular weight is 246 g/mol. The van der Waals surface area contributed by atoms with Crippen molar-refractivity contribution >= 4 is 29.4 Å². The highest BCUT2D eigenvalue weighted by Crippen LogP contribution is 2.11. The van der Waals surface area contributed by atoms with Gasteiger partial charge in [-0.25, -0.2) is 0 Å². The van der Waals surface area contributed by atoms with Crippen molar-refractivity contribution in [2.24, 2.45) is 0 Å². The van der Waals surface area contributed by atoms with E-state index >= 15 is 0 Å². The van der Waals surface area contributed by atoms with Gasteiger partial charge in [0.25, 0.3) is 0 Å². The van der Waals surface area contributed by atoms with Crippen LogP contribution < -0.4 is 4.90 Å². The molecule has 0 aliphatic heterocycles. The van der Waals surface area contributed by atoms with Gasteiger partial charge in [-0.1, -0.05) is 11.6 Å². The van der Waals surface area contributed by atoms with E-state index in [0.29, 0.717) is 0 Å². The number of aromatic nitrogens is 2. The van der Waals surface area contributed by atoms with Crippen molar-refractivity contribution in [2.75, 3.05) is 18.0 Å². The van der Waals surface area contributed by atoms with Gasteiger partial charge in [0, 0.05) is 0 Å². The van der Waals surface area contributed by atoms with E-state index in [9.17, 15) is 9.59 Å². The van der Waals surface area contributed by atoms with E-state index in [1.54, 1.807) is 0 Å². The van der Waals surface area contributed by atoms with Crippen LogP contribution in [0.3, 0.4) is 0 Å². The quantitative estimate of drug-likeness (QED) is 0.758. The first kappa shape index (κ1) is 12.2. The van der Waals surface area contributed by atoms with Crippen molar-refractivity contribution < 1.29 is 19.8 Å². The third-order valence-corrected chi connectivity index (χ3v) is 1.80. The Labute approximate surface area is 95.3 Å². The molecule has 0 aromatic carbocycles. The number of carboxylic acids is 2. The standard InChI is InChI=1S/C8H8ClN3O4/c9-5-1-2-6(11-10-5)12(3-7(13)14)4-8(15)16/h1-2H,3-4H2,(H,13,14)(H,15,16). The fourth-order valence-corrected chi connectivity index (χ4v) is 1.12. The summed E-state index contributed by atoms with van der Waals surface area (Å²) in [6.07, 6.45) is 0. The molecule has 0 aliphatic carbocycles. The summed E-state index contributed by atoms with van der Waals surface area (Å²) in [6, 6.07) is 2.81. The third-order valence-electron chi connectivity index (χ3n) is 1.59. The number of carboxylic acid groups (broad SMARTS) is 2. The van der Waals surface area contributed by atoms with Gasteiger partial charge in [-0.15, -0.1) is 10.2 Å². The van der Waals surface area contributed by atoms with E-state index in [1.807, 2.05) is 0 Å². The average Bonchev–Trinajstić information content (AvgIpc) is 2.16. The number of hydrogen-bond donors (Lipinski definition) is 2. The number of carbonyl (C=O) groups is 2. The van der Waals surface area contributed by atoms with Gasteiger partial charge < -0.3 is 15.1 Å². The van der Waals surface area contributed by atoms with Crippen LogP contribution in [0.5, 0.6) is 0 Å². The largest absolute Gasteiger partial charge is 0.480 e. The molecule has 0 bridgehead atoms. The first-order valence-electron chi connectivity index (χ1n) is 4.17. The molecule has 1 rings (SSSR count). The second-order valence-electron chi connectivity index (χ2n) is 2.86. The van der Waals surface area contributed by atoms with Crippen LogP contribution in [0, 0.1) is 0 Å². The van der Waals surface area contributed by atoms with Crippen molar-refractivity contribution in [2.45, 2.75) is 0 Å². The Balaban J connectivity index is 2.86. The van der Waals surface area contributed by atoms with Crippen LogP contribution in [0.25, 0.3) is 0 Å². The molecule has 0 aliphatic rings. The van der Waals surface area contributed by atoms with Gasteiger partial charge in [0.05, 0.1) is 0 Å². The van der Waals surface area contributed by atoms with Crippen LogP contribution in [0.4, 0.5) is 5.82 Å². The summed E-state index contributed by atoms with van der Waals surface area (Å²) >= 11 is 5.50. The fourth-order valence-electron chi connectivity index (χ4n) is 1.02. The Morgan fingerprint density at radius 1 is 1.19 bits per heavy atom. The molecule has 8 heteroatoms. The van der Waals surface area contributed by atoms with E-state index in [4.69, 9.17) is 21.8 Å². The zero-order valence-corrected chi connectivity index (χ0v) is 8.76. The second kappa shape index (κ2) is 5.26. The predicted molar refractivity (Wildman–Crippen MR) is 54.5 cm³/mol. The van der Waals surface area contributed by atoms with Gasteiger partial charge in [0.2, 0.25) is 0 Å². The lowest BCUT2D eigenvalue weighted by Gasteiger charge is -2.18. The maximum absolute atomic E-state index is 10.5. The highest BCUT2D eigenvalue weighted by Gasteiger charge is 2.15. The number of rotatable bonds is 5. The van der Waals surface area contributed by atoms with Gasteiger partial charge >= 0.3 is 11.9 Å². The van der Waals surface area contributed by atoms with Gasteiger partial charge in [-0.05, 0) is 12.1 Å². The molecule has 16 heavy (non-hydrogen) atoms. The van der Waals surface area contributed by atoms with Crippen LogP contribution in [0.2, 0.25) is 5.15 Å². The summed E-state index contributed by atoms with van der Waals surface area (Å²) in [6.45, 7) is -0.939. The van der Waals surface area contributed by atoms with Crippen LogP contribution in [-0.2, 0) is 9.59 Å². The molecule has 7 nitrogen and oxygen atoms in total.